The molecule has 0 nitrogen and oxygen atoms in total. The molecule has 0 fully saturated rings. The normalized spacial score (nSPS) is 10.2. The van der Waals surface area contributed by atoms with Crippen LogP contribution < -0.4 is 0 Å². The molecule has 3 heteroatoms. The van der Waals surface area contributed by atoms with Crippen molar-refractivity contribution in [1.82, 2.24) is 0 Å². The van der Waals surface area contributed by atoms with Gasteiger partial charge in [-0.25, -0.2) is 8.78 Å². The third kappa shape index (κ3) is 1.51. The van der Waals surface area contributed by atoms with E-state index in [4.69, 9.17) is 11.6 Å². The van der Waals surface area contributed by atoms with Crippen molar-refractivity contribution in [2.45, 2.75) is 12.8 Å². The predicted molar refractivity (Wildman–Crippen MR) is 40.7 cm³/mol. The molecule has 0 aromatic heterocycles. The highest BCUT2D eigenvalue weighted by atomic mass is 35.5. The van der Waals surface area contributed by atoms with Crippen LogP contribution in [0.5, 0.6) is 0 Å². The first-order chi connectivity index (χ1) is 5.16. The molecule has 0 amide bonds. The van der Waals surface area contributed by atoms with Crippen molar-refractivity contribution in [1.29, 1.82) is 0 Å². The Bertz CT molecular complexity index is 271. The summed E-state index contributed by atoms with van der Waals surface area (Å²) in [6, 6.07) is 2.61. The van der Waals surface area contributed by atoms with Gasteiger partial charge in [-0.05, 0) is 18.6 Å². The summed E-state index contributed by atoms with van der Waals surface area (Å²) in [6.07, 6.45) is 0. The zero-order valence-electron chi connectivity index (χ0n) is 6.00. The molecule has 1 aromatic rings. The standard InChI is InChI=1S/C8H7ClF2/c1-5-2-3-7(10)6(4-9)8(5)11/h2-3H,4H2,1H3. The summed E-state index contributed by atoms with van der Waals surface area (Å²) in [5, 5.41) is 0. The van der Waals surface area contributed by atoms with Gasteiger partial charge < -0.3 is 0 Å². The number of hydrogen-bond donors (Lipinski definition) is 0. The maximum atomic E-state index is 12.9. The Labute approximate surface area is 68.8 Å². The number of alkyl halides is 1. The van der Waals surface area contributed by atoms with Crippen LogP contribution >= 0.6 is 11.6 Å². The Morgan fingerprint density at radius 3 is 2.45 bits per heavy atom. The molecule has 0 saturated heterocycles. The minimum Gasteiger partial charge on any atom is -0.207 e. The third-order valence-electron chi connectivity index (χ3n) is 1.51. The van der Waals surface area contributed by atoms with Crippen LogP contribution in [0.3, 0.4) is 0 Å². The van der Waals surface area contributed by atoms with Gasteiger partial charge in [0, 0.05) is 5.56 Å². The van der Waals surface area contributed by atoms with Crippen molar-refractivity contribution in [3.05, 3.63) is 34.9 Å². The topological polar surface area (TPSA) is 0 Å². The van der Waals surface area contributed by atoms with Crippen LogP contribution in [0.2, 0.25) is 0 Å². The number of benzene rings is 1. The van der Waals surface area contributed by atoms with Gasteiger partial charge in [-0.3, -0.25) is 0 Å². The van der Waals surface area contributed by atoms with Gasteiger partial charge in [0.05, 0.1) is 5.88 Å². The number of hydrogen-bond acceptors (Lipinski definition) is 0. The van der Waals surface area contributed by atoms with E-state index < -0.39 is 11.6 Å². The first kappa shape index (κ1) is 8.47. The Balaban J connectivity index is 3.29. The fourth-order valence-corrected chi connectivity index (χ4v) is 1.08. The third-order valence-corrected chi connectivity index (χ3v) is 1.78. The maximum Gasteiger partial charge on any atom is 0.133 e. The van der Waals surface area contributed by atoms with E-state index in [1.807, 2.05) is 0 Å². The summed E-state index contributed by atoms with van der Waals surface area (Å²) in [4.78, 5) is 0. The summed E-state index contributed by atoms with van der Waals surface area (Å²) < 4.78 is 25.6. The van der Waals surface area contributed by atoms with Gasteiger partial charge in [-0.1, -0.05) is 6.07 Å². The van der Waals surface area contributed by atoms with Gasteiger partial charge >= 0.3 is 0 Å². The van der Waals surface area contributed by atoms with Crippen LogP contribution in [-0.2, 0) is 5.88 Å². The molecule has 11 heavy (non-hydrogen) atoms. The molecule has 0 aliphatic carbocycles. The highest BCUT2D eigenvalue weighted by Crippen LogP contribution is 2.17. The summed E-state index contributed by atoms with van der Waals surface area (Å²) in [5.41, 5.74) is 0.369. The van der Waals surface area contributed by atoms with Gasteiger partial charge in [0.15, 0.2) is 0 Å². The summed E-state index contributed by atoms with van der Waals surface area (Å²) in [5.74, 6) is -1.25. The van der Waals surface area contributed by atoms with Crippen molar-refractivity contribution < 1.29 is 8.78 Å². The SMILES string of the molecule is Cc1ccc(F)c(CCl)c1F. The van der Waals surface area contributed by atoms with Crippen molar-refractivity contribution in [3.8, 4) is 0 Å². The van der Waals surface area contributed by atoms with Crippen molar-refractivity contribution in [3.63, 3.8) is 0 Å². The second kappa shape index (κ2) is 3.18. The molecule has 0 N–H and O–H groups in total. The van der Waals surface area contributed by atoms with E-state index in [1.54, 1.807) is 6.92 Å². The smallest absolute Gasteiger partial charge is 0.133 e. The average Bonchev–Trinajstić information content (AvgIpc) is 1.99. The van der Waals surface area contributed by atoms with Crippen LogP contribution in [0.4, 0.5) is 8.78 Å². The predicted octanol–water partition coefficient (Wildman–Crippen LogP) is 3.01. The molecule has 0 atom stereocenters. The van der Waals surface area contributed by atoms with Gasteiger partial charge in [0.2, 0.25) is 0 Å². The van der Waals surface area contributed by atoms with Crippen molar-refractivity contribution in [2.75, 3.05) is 0 Å². The van der Waals surface area contributed by atoms with E-state index in [0.717, 1.165) is 0 Å². The van der Waals surface area contributed by atoms with E-state index in [0.29, 0.717) is 5.56 Å². The van der Waals surface area contributed by atoms with E-state index >= 15 is 0 Å². The largest absolute Gasteiger partial charge is 0.207 e. The molecule has 60 valence electrons. The Morgan fingerprint density at radius 2 is 2.00 bits per heavy atom. The Morgan fingerprint density at radius 1 is 1.36 bits per heavy atom. The highest BCUT2D eigenvalue weighted by Gasteiger charge is 2.08. The lowest BCUT2D eigenvalue weighted by Crippen LogP contribution is -1.94. The van der Waals surface area contributed by atoms with E-state index in [1.165, 1.54) is 12.1 Å². The van der Waals surface area contributed by atoms with E-state index in [-0.39, 0.29) is 11.4 Å². The Hall–Kier alpha value is -0.630. The number of aryl methyl sites for hydroxylation is 1. The zero-order chi connectivity index (χ0) is 8.43. The average molecular weight is 177 g/mol. The number of rotatable bonds is 1. The van der Waals surface area contributed by atoms with Crippen LogP contribution in [0.1, 0.15) is 11.1 Å². The van der Waals surface area contributed by atoms with Gasteiger partial charge in [0.1, 0.15) is 11.6 Å². The lowest BCUT2D eigenvalue weighted by molar-refractivity contribution is 0.560. The Kier molecular flexibility index (Phi) is 2.45. The summed E-state index contributed by atoms with van der Waals surface area (Å²) in [7, 11) is 0. The summed E-state index contributed by atoms with van der Waals surface area (Å²) >= 11 is 5.33. The molecular weight excluding hydrogens is 170 g/mol. The van der Waals surface area contributed by atoms with E-state index in [9.17, 15) is 8.78 Å². The molecule has 1 aromatic carbocycles. The lowest BCUT2D eigenvalue weighted by atomic mass is 10.1. The highest BCUT2D eigenvalue weighted by molar-refractivity contribution is 6.17. The van der Waals surface area contributed by atoms with Crippen LogP contribution in [-0.4, -0.2) is 0 Å². The molecule has 1 rings (SSSR count). The van der Waals surface area contributed by atoms with Gasteiger partial charge in [0.25, 0.3) is 0 Å². The monoisotopic (exact) mass is 176 g/mol. The lowest BCUT2D eigenvalue weighted by Gasteiger charge is -2.02. The minimum atomic E-state index is -0.580. The van der Waals surface area contributed by atoms with Crippen molar-refractivity contribution in [2.24, 2.45) is 0 Å². The van der Waals surface area contributed by atoms with Gasteiger partial charge in [-0.15, -0.1) is 11.6 Å². The molecule has 0 saturated carbocycles. The first-order valence-corrected chi connectivity index (χ1v) is 3.69. The maximum absolute atomic E-state index is 12.9. The minimum absolute atomic E-state index is 0.0494. The molecule has 0 bridgehead atoms. The fraction of sp³-hybridized carbons (Fsp3) is 0.250. The molecule has 0 spiro atoms. The van der Waals surface area contributed by atoms with Crippen LogP contribution in [0.25, 0.3) is 0 Å². The molecule has 0 radical (unpaired) electrons. The second-order valence-electron chi connectivity index (χ2n) is 2.29. The van der Waals surface area contributed by atoms with E-state index in [2.05, 4.69) is 0 Å². The molecular formula is C8H7ClF2. The fourth-order valence-electron chi connectivity index (χ4n) is 0.837. The van der Waals surface area contributed by atoms with Crippen LogP contribution in [0.15, 0.2) is 12.1 Å². The molecule has 0 unspecified atom stereocenters. The van der Waals surface area contributed by atoms with Crippen LogP contribution in [0, 0.1) is 18.6 Å². The van der Waals surface area contributed by atoms with Crippen molar-refractivity contribution >= 4 is 11.6 Å². The number of halogens is 3. The zero-order valence-corrected chi connectivity index (χ0v) is 6.75. The van der Waals surface area contributed by atoms with Gasteiger partial charge in [-0.2, -0.15) is 0 Å². The first-order valence-electron chi connectivity index (χ1n) is 3.16. The second-order valence-corrected chi connectivity index (χ2v) is 2.56. The molecule has 0 heterocycles. The molecule has 0 aliphatic rings. The molecule has 0 aliphatic heterocycles. The quantitative estimate of drug-likeness (QED) is 0.577. The summed E-state index contributed by atoms with van der Waals surface area (Å²) in [6.45, 7) is 1.57.